The predicted molar refractivity (Wildman–Crippen MR) is 92.8 cm³/mol. The highest BCUT2D eigenvalue weighted by Gasteiger charge is 2.18. The van der Waals surface area contributed by atoms with Crippen LogP contribution in [-0.4, -0.2) is 0 Å². The lowest BCUT2D eigenvalue weighted by atomic mass is 9.99. The molecule has 0 aliphatic rings. The lowest BCUT2D eigenvalue weighted by molar-refractivity contribution is -0.633. The topological polar surface area (TPSA) is 3.88 Å². The first-order valence-electron chi connectivity index (χ1n) is 7.72. The summed E-state index contributed by atoms with van der Waals surface area (Å²) in [6, 6.07) is 21.6. The first kappa shape index (κ1) is 16.8. The van der Waals surface area contributed by atoms with Crippen LogP contribution < -0.4 is 28.5 Å². The molecule has 0 radical (unpaired) electrons. The normalized spacial score (nSPS) is 10.8. The second kappa shape index (κ2) is 6.48. The van der Waals surface area contributed by atoms with Gasteiger partial charge in [-0.1, -0.05) is 24.3 Å². The second-order valence-electron chi connectivity index (χ2n) is 5.96. The van der Waals surface area contributed by atoms with Crippen molar-refractivity contribution in [3.63, 3.8) is 0 Å². The Bertz CT molecular complexity index is 1040. The number of hydrogen-bond acceptors (Lipinski definition) is 0. The van der Waals surface area contributed by atoms with Crippen LogP contribution in [0.15, 0.2) is 66.7 Å². The SMILES string of the molecule is Cc1cc(-c2ccc(F)cc2)[n+](C)c2ccc3ccccc3c12.[I-]. The minimum absolute atomic E-state index is 0. The molecule has 3 heteroatoms. The summed E-state index contributed by atoms with van der Waals surface area (Å²) in [5, 5.41) is 3.79. The molecule has 3 aromatic carbocycles. The molecule has 1 aromatic heterocycles. The minimum atomic E-state index is -0.208. The van der Waals surface area contributed by atoms with Gasteiger partial charge in [-0.2, -0.15) is 4.57 Å². The van der Waals surface area contributed by atoms with Gasteiger partial charge < -0.3 is 24.0 Å². The summed E-state index contributed by atoms with van der Waals surface area (Å²) in [5.41, 5.74) is 4.52. The largest absolute Gasteiger partial charge is 1.00 e. The molecule has 0 N–H and O–H groups in total. The number of benzene rings is 3. The van der Waals surface area contributed by atoms with Crippen molar-refractivity contribution in [1.29, 1.82) is 0 Å². The Kier molecular flexibility index (Phi) is 4.54. The van der Waals surface area contributed by atoms with Gasteiger partial charge in [-0.3, -0.25) is 0 Å². The van der Waals surface area contributed by atoms with Crippen LogP contribution in [0.3, 0.4) is 0 Å². The molecule has 0 spiro atoms. The van der Waals surface area contributed by atoms with Gasteiger partial charge in [-0.25, -0.2) is 4.39 Å². The van der Waals surface area contributed by atoms with Crippen molar-refractivity contribution in [2.75, 3.05) is 0 Å². The quantitative estimate of drug-likeness (QED) is 0.248. The van der Waals surface area contributed by atoms with E-state index in [4.69, 9.17) is 0 Å². The van der Waals surface area contributed by atoms with Crippen LogP contribution in [0.4, 0.5) is 4.39 Å². The zero-order valence-electron chi connectivity index (χ0n) is 13.6. The molecule has 0 aliphatic carbocycles. The fourth-order valence-electron chi connectivity index (χ4n) is 3.36. The average Bonchev–Trinajstić information content (AvgIpc) is 2.58. The molecule has 0 amide bonds. The highest BCUT2D eigenvalue weighted by atomic mass is 127. The maximum atomic E-state index is 13.2. The van der Waals surface area contributed by atoms with Gasteiger partial charge >= 0.3 is 0 Å². The number of halogens is 2. The van der Waals surface area contributed by atoms with Crippen molar-refractivity contribution in [2.24, 2.45) is 7.05 Å². The lowest BCUT2D eigenvalue weighted by Crippen LogP contribution is -3.00. The van der Waals surface area contributed by atoms with Crippen LogP contribution in [0.25, 0.3) is 32.9 Å². The molecule has 120 valence electrons. The molecular weight excluding hydrogens is 412 g/mol. The summed E-state index contributed by atoms with van der Waals surface area (Å²) in [4.78, 5) is 0. The third-order valence-corrected chi connectivity index (χ3v) is 4.52. The first-order valence-corrected chi connectivity index (χ1v) is 7.72. The molecule has 0 bridgehead atoms. The van der Waals surface area contributed by atoms with Crippen LogP contribution in [-0.2, 0) is 7.05 Å². The van der Waals surface area contributed by atoms with Crippen molar-refractivity contribution >= 4 is 21.7 Å². The Morgan fingerprint density at radius 3 is 2.33 bits per heavy atom. The van der Waals surface area contributed by atoms with E-state index in [1.54, 1.807) is 0 Å². The summed E-state index contributed by atoms with van der Waals surface area (Å²) in [5.74, 6) is -0.208. The van der Waals surface area contributed by atoms with Crippen molar-refractivity contribution in [1.82, 2.24) is 0 Å². The fraction of sp³-hybridized carbons (Fsp3) is 0.0952. The Hall–Kier alpha value is -2.01. The molecule has 1 nitrogen and oxygen atoms in total. The highest BCUT2D eigenvalue weighted by Crippen LogP contribution is 2.29. The Labute approximate surface area is 157 Å². The number of hydrogen-bond donors (Lipinski definition) is 0. The monoisotopic (exact) mass is 429 g/mol. The van der Waals surface area contributed by atoms with E-state index in [2.05, 4.69) is 61.0 Å². The van der Waals surface area contributed by atoms with Crippen molar-refractivity contribution in [2.45, 2.75) is 6.92 Å². The molecule has 24 heavy (non-hydrogen) atoms. The number of fused-ring (bicyclic) bond motifs is 3. The zero-order valence-corrected chi connectivity index (χ0v) is 15.7. The maximum absolute atomic E-state index is 13.2. The van der Waals surface area contributed by atoms with Crippen LogP contribution in [0.2, 0.25) is 0 Å². The molecule has 0 aliphatic heterocycles. The van der Waals surface area contributed by atoms with Gasteiger partial charge in [-0.15, -0.1) is 0 Å². The zero-order chi connectivity index (χ0) is 16.0. The van der Waals surface area contributed by atoms with E-state index in [1.807, 2.05) is 12.1 Å². The third-order valence-electron chi connectivity index (χ3n) is 4.52. The maximum Gasteiger partial charge on any atom is 0.213 e. The number of aromatic nitrogens is 1. The van der Waals surface area contributed by atoms with E-state index in [0.717, 1.165) is 11.3 Å². The van der Waals surface area contributed by atoms with E-state index < -0.39 is 0 Å². The van der Waals surface area contributed by atoms with Crippen LogP contribution >= 0.6 is 0 Å². The van der Waals surface area contributed by atoms with Crippen LogP contribution in [0.1, 0.15) is 5.56 Å². The molecule has 1 heterocycles. The molecule has 4 rings (SSSR count). The van der Waals surface area contributed by atoms with Gasteiger partial charge in [0, 0.05) is 17.7 Å². The molecule has 0 fully saturated rings. The number of pyridine rings is 1. The van der Waals surface area contributed by atoms with Gasteiger partial charge in [0.2, 0.25) is 11.2 Å². The lowest BCUT2D eigenvalue weighted by Gasteiger charge is -2.09. The minimum Gasteiger partial charge on any atom is -1.00 e. The van der Waals surface area contributed by atoms with Crippen LogP contribution in [0, 0.1) is 12.7 Å². The summed E-state index contributed by atoms with van der Waals surface area (Å²) in [6.07, 6.45) is 0. The van der Waals surface area contributed by atoms with Gasteiger partial charge in [0.05, 0.1) is 5.39 Å². The van der Waals surface area contributed by atoms with Gasteiger partial charge in [-0.05, 0) is 53.6 Å². The van der Waals surface area contributed by atoms with E-state index in [-0.39, 0.29) is 29.8 Å². The van der Waals surface area contributed by atoms with E-state index in [1.165, 1.54) is 39.4 Å². The van der Waals surface area contributed by atoms with Crippen molar-refractivity contribution in [3.8, 4) is 11.3 Å². The first-order chi connectivity index (χ1) is 11.1. The number of rotatable bonds is 1. The highest BCUT2D eigenvalue weighted by molar-refractivity contribution is 6.07. The van der Waals surface area contributed by atoms with Gasteiger partial charge in [0.15, 0.2) is 0 Å². The standard InChI is InChI=1S/C21H17FN.HI/c1-14-13-20(16-7-10-17(22)11-8-16)23(2)19-12-9-15-5-3-4-6-18(15)21(14)19;/h3-13H,1-2H3;1H/q+1;/p-1. The van der Waals surface area contributed by atoms with Crippen molar-refractivity contribution < 1.29 is 32.9 Å². The fourth-order valence-corrected chi connectivity index (χ4v) is 3.36. The molecule has 0 saturated carbocycles. The number of aryl methyl sites for hydroxylation is 2. The molecular formula is C21H17FIN. The van der Waals surface area contributed by atoms with Gasteiger partial charge in [0.25, 0.3) is 0 Å². The Morgan fingerprint density at radius 2 is 1.58 bits per heavy atom. The number of nitrogens with zero attached hydrogens (tertiary/aromatic N) is 1. The van der Waals surface area contributed by atoms with Gasteiger partial charge in [0.1, 0.15) is 12.9 Å². The Morgan fingerprint density at radius 1 is 0.875 bits per heavy atom. The summed E-state index contributed by atoms with van der Waals surface area (Å²) in [7, 11) is 2.06. The average molecular weight is 429 g/mol. The molecule has 0 saturated heterocycles. The van der Waals surface area contributed by atoms with E-state index in [9.17, 15) is 4.39 Å². The van der Waals surface area contributed by atoms with E-state index >= 15 is 0 Å². The second-order valence-corrected chi connectivity index (χ2v) is 5.96. The summed E-state index contributed by atoms with van der Waals surface area (Å²) >= 11 is 0. The summed E-state index contributed by atoms with van der Waals surface area (Å²) in [6.45, 7) is 2.14. The summed E-state index contributed by atoms with van der Waals surface area (Å²) < 4.78 is 15.4. The predicted octanol–water partition coefficient (Wildman–Crippen LogP) is 1.94. The van der Waals surface area contributed by atoms with Crippen LogP contribution in [0.5, 0.6) is 0 Å². The van der Waals surface area contributed by atoms with Crippen molar-refractivity contribution in [3.05, 3.63) is 78.1 Å². The van der Waals surface area contributed by atoms with E-state index in [0.29, 0.717) is 0 Å². The smallest absolute Gasteiger partial charge is 0.213 e. The Balaban J connectivity index is 0.00000169. The third kappa shape index (κ3) is 2.67. The molecule has 0 unspecified atom stereocenters. The molecule has 4 aromatic rings. The molecule has 0 atom stereocenters.